The zero-order valence-corrected chi connectivity index (χ0v) is 31.9. The fourth-order valence-corrected chi connectivity index (χ4v) is 8.83. The summed E-state index contributed by atoms with van der Waals surface area (Å²) >= 11 is 0. The van der Waals surface area contributed by atoms with E-state index >= 15 is 0 Å². The van der Waals surface area contributed by atoms with Crippen LogP contribution in [-0.2, 0) is 16.0 Å². The van der Waals surface area contributed by atoms with E-state index in [9.17, 15) is 24.4 Å². The van der Waals surface area contributed by atoms with Gasteiger partial charge in [0, 0.05) is 79.3 Å². The molecule has 0 bridgehead atoms. The molecule has 1 unspecified atom stereocenters. The third-order valence-electron chi connectivity index (χ3n) is 11.9. The van der Waals surface area contributed by atoms with Gasteiger partial charge in [0.05, 0.1) is 22.5 Å². The zero-order chi connectivity index (χ0) is 40.2. The van der Waals surface area contributed by atoms with Crippen molar-refractivity contribution in [2.24, 2.45) is 5.16 Å². The van der Waals surface area contributed by atoms with E-state index in [4.69, 9.17) is 5.10 Å². The molecule has 6 aromatic rings. The molecule has 5 heterocycles. The monoisotopic (exact) mass is 782 g/mol. The molecule has 13 nitrogen and oxygen atoms in total. The Morgan fingerprint density at radius 3 is 2.08 bits per heavy atom. The number of anilines is 2. The lowest BCUT2D eigenvalue weighted by Gasteiger charge is -2.37. The van der Waals surface area contributed by atoms with Gasteiger partial charge < -0.3 is 15.0 Å². The van der Waals surface area contributed by atoms with Gasteiger partial charge >= 0.3 is 0 Å². The molecule has 2 aromatic heterocycles. The number of oxime groups is 1. The van der Waals surface area contributed by atoms with E-state index in [1.54, 1.807) is 18.5 Å². The standard InChI is InChI=1S/C46H38N8O5/c55-41-15-14-40(44(56)48-41)54-45(57)37-26-34(25-36(42(37)46(54)58)28-4-2-1-3-5-28)52-22-20-51(21-23-52)32-8-10-33(11-9-32)53-27-38(43(49-53)29-16-18-47-19-17-29)31-6-12-35-30(24-31)7-13-39(35)50-59/h1-6,8-12,16-19,24-27,40,59H,7,13-15,20-23H2,(H,48,55,56). The molecule has 4 aliphatic rings. The summed E-state index contributed by atoms with van der Waals surface area (Å²) in [7, 11) is 0. The maximum atomic E-state index is 13.9. The highest BCUT2D eigenvalue weighted by molar-refractivity contribution is 6.26. The quantitative estimate of drug-likeness (QED) is 0.111. The number of imide groups is 2. The van der Waals surface area contributed by atoms with Crippen LogP contribution in [-0.4, -0.2) is 86.4 Å². The Bertz CT molecular complexity index is 2700. The summed E-state index contributed by atoms with van der Waals surface area (Å²) in [6.45, 7) is 2.81. The average Bonchev–Trinajstić information content (AvgIpc) is 3.98. The van der Waals surface area contributed by atoms with E-state index in [0.717, 1.165) is 80.5 Å². The van der Waals surface area contributed by atoms with Gasteiger partial charge in [-0.1, -0.05) is 53.7 Å². The van der Waals surface area contributed by atoms with E-state index in [1.165, 1.54) is 0 Å². The van der Waals surface area contributed by atoms with E-state index in [0.29, 0.717) is 30.8 Å². The Morgan fingerprint density at radius 2 is 1.36 bits per heavy atom. The van der Waals surface area contributed by atoms with E-state index < -0.39 is 29.7 Å². The van der Waals surface area contributed by atoms with Gasteiger partial charge in [0.15, 0.2) is 0 Å². The number of piperidine rings is 1. The summed E-state index contributed by atoms with van der Waals surface area (Å²) in [6, 6.07) is 30.8. The summed E-state index contributed by atoms with van der Waals surface area (Å²) in [6.07, 6.45) is 7.29. The largest absolute Gasteiger partial charge is 0.411 e. The number of hydrogen-bond acceptors (Lipinski definition) is 10. The zero-order valence-electron chi connectivity index (χ0n) is 31.9. The molecular formula is C46H38N8O5. The number of carbonyl (C=O) groups excluding carboxylic acids is 4. The predicted molar refractivity (Wildman–Crippen MR) is 222 cm³/mol. The molecule has 10 rings (SSSR count). The van der Waals surface area contributed by atoms with Crippen LogP contribution in [0.25, 0.3) is 39.2 Å². The molecule has 2 saturated heterocycles. The predicted octanol–water partition coefficient (Wildman–Crippen LogP) is 6.12. The van der Waals surface area contributed by atoms with Crippen LogP contribution in [0.15, 0.2) is 121 Å². The van der Waals surface area contributed by atoms with Gasteiger partial charge in [-0.2, -0.15) is 5.10 Å². The van der Waals surface area contributed by atoms with Crippen LogP contribution in [0.2, 0.25) is 0 Å². The van der Waals surface area contributed by atoms with Crippen LogP contribution >= 0.6 is 0 Å². The highest BCUT2D eigenvalue weighted by Gasteiger charge is 2.46. The molecule has 0 radical (unpaired) electrons. The van der Waals surface area contributed by atoms with E-state index in [1.807, 2.05) is 59.3 Å². The summed E-state index contributed by atoms with van der Waals surface area (Å²) in [4.78, 5) is 62.3. The Labute approximate surface area is 339 Å². The van der Waals surface area contributed by atoms with Crippen molar-refractivity contribution >= 4 is 40.7 Å². The molecule has 4 aromatic carbocycles. The van der Waals surface area contributed by atoms with Crippen molar-refractivity contribution in [3.63, 3.8) is 0 Å². The number of fused-ring (bicyclic) bond motifs is 2. The number of nitrogens with zero attached hydrogens (tertiary/aromatic N) is 7. The van der Waals surface area contributed by atoms with Gasteiger partial charge in [-0.15, -0.1) is 0 Å². The lowest BCUT2D eigenvalue weighted by molar-refractivity contribution is -0.136. The lowest BCUT2D eigenvalue weighted by atomic mass is 9.95. The molecule has 3 aliphatic heterocycles. The first-order chi connectivity index (χ1) is 28.8. The van der Waals surface area contributed by atoms with Crippen LogP contribution in [0.5, 0.6) is 0 Å². The first-order valence-electron chi connectivity index (χ1n) is 19.7. The Kier molecular flexibility index (Phi) is 8.85. The van der Waals surface area contributed by atoms with Crippen molar-refractivity contribution in [1.29, 1.82) is 0 Å². The minimum atomic E-state index is -1.04. The van der Waals surface area contributed by atoms with Gasteiger partial charge in [-0.25, -0.2) is 4.68 Å². The fourth-order valence-electron chi connectivity index (χ4n) is 8.83. The van der Waals surface area contributed by atoms with Crippen molar-refractivity contribution in [2.45, 2.75) is 31.7 Å². The Morgan fingerprint density at radius 1 is 0.644 bits per heavy atom. The minimum Gasteiger partial charge on any atom is -0.411 e. The highest BCUT2D eigenvalue weighted by Crippen LogP contribution is 2.39. The Hall–Kier alpha value is -7.41. The van der Waals surface area contributed by atoms with Crippen LogP contribution in [0.4, 0.5) is 11.4 Å². The first kappa shape index (κ1) is 36.0. The molecule has 59 heavy (non-hydrogen) atoms. The number of amides is 4. The molecule has 1 aliphatic carbocycles. The number of benzene rings is 4. The Balaban J connectivity index is 0.894. The van der Waals surface area contributed by atoms with Gasteiger partial charge in [0.2, 0.25) is 11.8 Å². The van der Waals surface area contributed by atoms with Crippen LogP contribution in [0.3, 0.4) is 0 Å². The number of aryl methyl sites for hydroxylation is 1. The highest BCUT2D eigenvalue weighted by atomic mass is 16.4. The van der Waals surface area contributed by atoms with Gasteiger partial charge in [0.1, 0.15) is 11.7 Å². The normalized spacial score (nSPS) is 18.4. The molecule has 13 heteroatoms. The van der Waals surface area contributed by atoms with Crippen molar-refractivity contribution in [3.8, 4) is 39.2 Å². The second kappa shape index (κ2) is 14.5. The van der Waals surface area contributed by atoms with Gasteiger partial charge in [-0.05, 0) is 90.0 Å². The van der Waals surface area contributed by atoms with Crippen molar-refractivity contribution < 1.29 is 24.4 Å². The van der Waals surface area contributed by atoms with Gasteiger partial charge in [-0.3, -0.25) is 34.4 Å². The number of nitrogens with one attached hydrogen (secondary N) is 1. The summed E-state index contributed by atoms with van der Waals surface area (Å²) in [5, 5.41) is 20.3. The number of pyridine rings is 1. The first-order valence-corrected chi connectivity index (χ1v) is 19.7. The molecule has 4 amide bonds. The fraction of sp³-hybridized carbons (Fsp3) is 0.196. The number of carbonyl (C=O) groups is 4. The minimum absolute atomic E-state index is 0.0607. The molecule has 0 saturated carbocycles. The van der Waals surface area contributed by atoms with Crippen LogP contribution in [0.1, 0.15) is 51.1 Å². The SMILES string of the molecule is O=C1CCC(N2C(=O)c3cc(N4CCN(c5ccc(-n6cc(-c7ccc8c(c7)CCC8=NO)c(-c7ccncc7)n6)cc5)CC4)cc(-c4ccccc4)c3C2=O)C(=O)N1. The van der Waals surface area contributed by atoms with E-state index in [-0.39, 0.29) is 24.0 Å². The van der Waals surface area contributed by atoms with Crippen molar-refractivity contribution in [3.05, 3.63) is 138 Å². The van der Waals surface area contributed by atoms with Crippen molar-refractivity contribution in [1.82, 2.24) is 25.0 Å². The van der Waals surface area contributed by atoms with Crippen LogP contribution < -0.4 is 15.1 Å². The molecule has 292 valence electrons. The smallest absolute Gasteiger partial charge is 0.262 e. The molecular weight excluding hydrogens is 745 g/mol. The number of aromatic nitrogens is 3. The second-order valence-electron chi connectivity index (χ2n) is 15.2. The topological polar surface area (TPSA) is 153 Å². The summed E-state index contributed by atoms with van der Waals surface area (Å²) in [5.41, 5.74) is 11.5. The van der Waals surface area contributed by atoms with Gasteiger partial charge in [0.25, 0.3) is 11.8 Å². The average molecular weight is 783 g/mol. The number of rotatable bonds is 7. The second-order valence-corrected chi connectivity index (χ2v) is 15.2. The van der Waals surface area contributed by atoms with E-state index in [2.05, 4.69) is 67.9 Å². The molecule has 0 spiro atoms. The molecule has 2 N–H and O–H groups in total. The number of piperazine rings is 1. The summed E-state index contributed by atoms with van der Waals surface area (Å²) in [5.74, 6) is -2.08. The lowest BCUT2D eigenvalue weighted by Crippen LogP contribution is -2.54. The van der Waals surface area contributed by atoms with Crippen LogP contribution in [0, 0.1) is 0 Å². The molecule has 1 atom stereocenters. The summed E-state index contributed by atoms with van der Waals surface area (Å²) < 4.78 is 1.91. The number of hydrogen-bond donors (Lipinski definition) is 2. The molecule has 2 fully saturated rings. The third-order valence-corrected chi connectivity index (χ3v) is 11.9. The maximum absolute atomic E-state index is 13.9. The maximum Gasteiger partial charge on any atom is 0.262 e. The third kappa shape index (κ3) is 6.31. The van der Waals surface area contributed by atoms with Crippen molar-refractivity contribution in [2.75, 3.05) is 36.0 Å².